The van der Waals surface area contributed by atoms with Crippen molar-refractivity contribution in [2.75, 3.05) is 6.54 Å². The van der Waals surface area contributed by atoms with E-state index < -0.39 is 0 Å². The first kappa shape index (κ1) is 15.6. The highest BCUT2D eigenvalue weighted by atomic mass is 16.2. The third kappa shape index (κ3) is 4.08. The lowest BCUT2D eigenvalue weighted by Gasteiger charge is -2.20. The molecule has 0 spiro atoms. The molecule has 114 valence electrons. The third-order valence-electron chi connectivity index (χ3n) is 3.26. The monoisotopic (exact) mass is 287 g/mol. The number of carbonyl (C=O) groups excluding carboxylic acids is 1. The summed E-state index contributed by atoms with van der Waals surface area (Å²) in [5.41, 5.74) is 2.14. The number of benzene rings is 1. The molecule has 21 heavy (non-hydrogen) atoms. The highest BCUT2D eigenvalue weighted by Crippen LogP contribution is 2.21. The number of fused-ring (bicyclic) bond motifs is 1. The zero-order valence-electron chi connectivity index (χ0n) is 13.4. The van der Waals surface area contributed by atoms with Gasteiger partial charge in [0.15, 0.2) is 0 Å². The Labute approximate surface area is 126 Å². The number of carbonyl (C=O) groups is 1. The van der Waals surface area contributed by atoms with Gasteiger partial charge in [-0.2, -0.15) is 0 Å². The summed E-state index contributed by atoms with van der Waals surface area (Å²) in [5.74, 6) is 0.0400. The van der Waals surface area contributed by atoms with Crippen LogP contribution >= 0.6 is 0 Å². The maximum absolute atomic E-state index is 12.1. The average Bonchev–Trinajstić information content (AvgIpc) is 2.73. The molecular formula is C17H25N3O. The van der Waals surface area contributed by atoms with Gasteiger partial charge >= 0.3 is 0 Å². The lowest BCUT2D eigenvalue weighted by molar-refractivity contribution is -0.123. The summed E-state index contributed by atoms with van der Waals surface area (Å²) in [4.78, 5) is 12.1. The van der Waals surface area contributed by atoms with E-state index in [4.69, 9.17) is 0 Å². The predicted molar refractivity (Wildman–Crippen MR) is 87.2 cm³/mol. The lowest BCUT2D eigenvalue weighted by atomic mass is 10.1. The van der Waals surface area contributed by atoms with Gasteiger partial charge in [0.2, 0.25) is 5.91 Å². The van der Waals surface area contributed by atoms with E-state index in [1.807, 2.05) is 37.5 Å². The maximum Gasteiger partial charge on any atom is 0.240 e. The van der Waals surface area contributed by atoms with Gasteiger partial charge in [-0.15, -0.1) is 0 Å². The molecule has 2 N–H and O–H groups in total. The molecule has 0 bridgehead atoms. The Kier molecular flexibility index (Phi) is 4.68. The van der Waals surface area contributed by atoms with Crippen LogP contribution in [0.5, 0.6) is 0 Å². The van der Waals surface area contributed by atoms with Crippen molar-refractivity contribution in [3.05, 3.63) is 36.0 Å². The van der Waals surface area contributed by atoms with Crippen LogP contribution in [0.3, 0.4) is 0 Å². The second-order valence-electron chi connectivity index (χ2n) is 6.38. The summed E-state index contributed by atoms with van der Waals surface area (Å²) < 4.78 is 2.03. The molecule has 1 heterocycles. The SMILES string of the molecule is CCNCc1cn(CC(=O)NC(C)(C)C)c2ccccc12. The minimum atomic E-state index is -0.202. The van der Waals surface area contributed by atoms with Crippen LogP contribution in [0.2, 0.25) is 0 Å². The number of nitrogens with one attached hydrogen (secondary N) is 2. The smallest absolute Gasteiger partial charge is 0.240 e. The largest absolute Gasteiger partial charge is 0.350 e. The molecule has 2 aromatic rings. The van der Waals surface area contributed by atoms with Gasteiger partial charge in [-0.1, -0.05) is 25.1 Å². The first-order valence-corrected chi connectivity index (χ1v) is 7.49. The second kappa shape index (κ2) is 6.31. The highest BCUT2D eigenvalue weighted by Gasteiger charge is 2.15. The van der Waals surface area contributed by atoms with Gasteiger partial charge in [-0.05, 0) is 38.9 Å². The van der Waals surface area contributed by atoms with Crippen molar-refractivity contribution in [2.45, 2.75) is 46.3 Å². The van der Waals surface area contributed by atoms with Gasteiger partial charge in [0, 0.05) is 29.2 Å². The van der Waals surface area contributed by atoms with Crippen molar-refractivity contribution in [3.8, 4) is 0 Å². The zero-order chi connectivity index (χ0) is 15.5. The number of hydrogen-bond donors (Lipinski definition) is 2. The van der Waals surface area contributed by atoms with E-state index >= 15 is 0 Å². The van der Waals surface area contributed by atoms with Gasteiger partial charge in [0.05, 0.1) is 0 Å². The number of rotatable bonds is 5. The lowest BCUT2D eigenvalue weighted by Crippen LogP contribution is -2.42. The third-order valence-corrected chi connectivity index (χ3v) is 3.26. The average molecular weight is 287 g/mol. The van der Waals surface area contributed by atoms with E-state index in [1.54, 1.807) is 0 Å². The molecule has 0 aliphatic rings. The minimum absolute atomic E-state index is 0.0400. The van der Waals surface area contributed by atoms with Crippen LogP contribution < -0.4 is 10.6 Å². The van der Waals surface area contributed by atoms with Gasteiger partial charge in [-0.3, -0.25) is 4.79 Å². The number of aromatic nitrogens is 1. The standard InChI is InChI=1S/C17H25N3O/c1-5-18-10-13-11-20(12-16(21)19-17(2,3)4)15-9-7-6-8-14(13)15/h6-9,11,18H,5,10,12H2,1-4H3,(H,19,21). The topological polar surface area (TPSA) is 46.1 Å². The molecule has 0 atom stereocenters. The molecule has 0 saturated heterocycles. The molecule has 0 aliphatic carbocycles. The van der Waals surface area contributed by atoms with E-state index in [0.29, 0.717) is 6.54 Å². The fourth-order valence-electron chi connectivity index (χ4n) is 2.47. The fraction of sp³-hybridized carbons (Fsp3) is 0.471. The summed E-state index contributed by atoms with van der Waals surface area (Å²) in [6.07, 6.45) is 2.08. The van der Waals surface area contributed by atoms with E-state index in [9.17, 15) is 4.79 Å². The summed E-state index contributed by atoms with van der Waals surface area (Å²) in [7, 11) is 0. The van der Waals surface area contributed by atoms with Crippen LogP contribution in [-0.4, -0.2) is 22.6 Å². The summed E-state index contributed by atoms with van der Waals surface area (Å²) in [6, 6.07) is 8.23. The normalized spacial score (nSPS) is 11.8. The molecule has 4 nitrogen and oxygen atoms in total. The molecule has 1 aromatic carbocycles. The maximum atomic E-state index is 12.1. The molecule has 0 saturated carbocycles. The van der Waals surface area contributed by atoms with Crippen molar-refractivity contribution in [1.82, 2.24) is 15.2 Å². The van der Waals surface area contributed by atoms with Crippen molar-refractivity contribution >= 4 is 16.8 Å². The Hall–Kier alpha value is -1.81. The molecule has 4 heteroatoms. The van der Waals surface area contributed by atoms with Crippen LogP contribution in [0.15, 0.2) is 30.5 Å². The van der Waals surface area contributed by atoms with Crippen molar-refractivity contribution in [3.63, 3.8) is 0 Å². The molecule has 0 unspecified atom stereocenters. The van der Waals surface area contributed by atoms with Crippen molar-refractivity contribution in [1.29, 1.82) is 0 Å². The number of nitrogens with zero attached hydrogens (tertiary/aromatic N) is 1. The van der Waals surface area contributed by atoms with Crippen molar-refractivity contribution < 1.29 is 4.79 Å². The summed E-state index contributed by atoms with van der Waals surface area (Å²) in [6.45, 7) is 10.2. The van der Waals surface area contributed by atoms with Gasteiger partial charge in [0.1, 0.15) is 6.54 Å². The van der Waals surface area contributed by atoms with Crippen LogP contribution in [0.25, 0.3) is 10.9 Å². The van der Waals surface area contributed by atoms with Gasteiger partial charge in [0.25, 0.3) is 0 Å². The van der Waals surface area contributed by atoms with E-state index in [-0.39, 0.29) is 11.4 Å². The van der Waals surface area contributed by atoms with Crippen molar-refractivity contribution in [2.24, 2.45) is 0 Å². The van der Waals surface area contributed by atoms with Crippen LogP contribution in [-0.2, 0) is 17.9 Å². The van der Waals surface area contributed by atoms with E-state index in [1.165, 1.54) is 10.9 Å². The Morgan fingerprint density at radius 1 is 1.24 bits per heavy atom. The quantitative estimate of drug-likeness (QED) is 0.888. The van der Waals surface area contributed by atoms with Gasteiger partial charge in [-0.25, -0.2) is 0 Å². The van der Waals surface area contributed by atoms with Crippen LogP contribution in [0, 0.1) is 0 Å². The van der Waals surface area contributed by atoms with Crippen LogP contribution in [0.1, 0.15) is 33.3 Å². The zero-order valence-corrected chi connectivity index (χ0v) is 13.4. The number of amides is 1. The van der Waals surface area contributed by atoms with Gasteiger partial charge < -0.3 is 15.2 Å². The minimum Gasteiger partial charge on any atom is -0.350 e. The number of para-hydroxylation sites is 1. The Morgan fingerprint density at radius 3 is 2.62 bits per heavy atom. The summed E-state index contributed by atoms with van der Waals surface area (Å²) >= 11 is 0. The molecular weight excluding hydrogens is 262 g/mol. The highest BCUT2D eigenvalue weighted by molar-refractivity contribution is 5.86. The molecule has 0 aliphatic heterocycles. The number of hydrogen-bond acceptors (Lipinski definition) is 2. The summed E-state index contributed by atoms with van der Waals surface area (Å²) in [5, 5.41) is 7.57. The molecule has 0 radical (unpaired) electrons. The Bertz CT molecular complexity index is 622. The van der Waals surface area contributed by atoms with E-state index in [2.05, 4.69) is 35.9 Å². The first-order valence-electron chi connectivity index (χ1n) is 7.49. The van der Waals surface area contributed by atoms with Crippen LogP contribution in [0.4, 0.5) is 0 Å². The molecule has 0 fully saturated rings. The predicted octanol–water partition coefficient (Wildman–Crippen LogP) is 2.67. The Balaban J connectivity index is 2.25. The fourth-order valence-corrected chi connectivity index (χ4v) is 2.47. The van der Waals surface area contributed by atoms with E-state index in [0.717, 1.165) is 18.6 Å². The first-order chi connectivity index (χ1) is 9.90. The Morgan fingerprint density at radius 2 is 1.95 bits per heavy atom. The molecule has 1 aromatic heterocycles. The molecule has 2 rings (SSSR count). The second-order valence-corrected chi connectivity index (χ2v) is 6.38. The molecule has 1 amide bonds.